The van der Waals surface area contributed by atoms with E-state index in [0.717, 1.165) is 29.9 Å². The lowest BCUT2D eigenvalue weighted by Crippen LogP contribution is -2.27. The molecule has 0 atom stereocenters. The Bertz CT molecular complexity index is 578. The molecule has 0 radical (unpaired) electrons. The molecule has 0 aliphatic heterocycles. The van der Waals surface area contributed by atoms with Crippen molar-refractivity contribution in [2.75, 3.05) is 11.4 Å². The summed E-state index contributed by atoms with van der Waals surface area (Å²) in [5.74, 6) is 1.03. The third-order valence-corrected chi connectivity index (χ3v) is 4.30. The molecular formula is C17H21BrN2O. The van der Waals surface area contributed by atoms with Crippen LogP contribution in [0.15, 0.2) is 45.5 Å². The molecule has 1 aliphatic rings. The van der Waals surface area contributed by atoms with Gasteiger partial charge in [0.25, 0.3) is 0 Å². The molecule has 0 bridgehead atoms. The van der Waals surface area contributed by atoms with Crippen LogP contribution in [0.5, 0.6) is 0 Å². The summed E-state index contributed by atoms with van der Waals surface area (Å²) >= 11 is 3.59. The van der Waals surface area contributed by atoms with Crippen molar-refractivity contribution < 1.29 is 4.42 Å². The van der Waals surface area contributed by atoms with Crippen molar-refractivity contribution in [2.24, 2.45) is 0 Å². The van der Waals surface area contributed by atoms with Gasteiger partial charge in [-0.1, -0.05) is 22.9 Å². The molecule has 3 rings (SSSR count). The fourth-order valence-corrected chi connectivity index (χ4v) is 3.01. The summed E-state index contributed by atoms with van der Waals surface area (Å²) < 4.78 is 6.67. The second-order valence-electron chi connectivity index (χ2n) is 5.49. The van der Waals surface area contributed by atoms with Crippen molar-refractivity contribution in [3.05, 3.63) is 52.4 Å². The third kappa shape index (κ3) is 3.69. The number of furan rings is 1. The van der Waals surface area contributed by atoms with Crippen molar-refractivity contribution in [1.82, 2.24) is 5.32 Å². The van der Waals surface area contributed by atoms with Crippen LogP contribution in [0.2, 0.25) is 0 Å². The van der Waals surface area contributed by atoms with Crippen molar-refractivity contribution in [3.8, 4) is 0 Å². The molecule has 0 spiro atoms. The van der Waals surface area contributed by atoms with E-state index in [4.69, 9.17) is 4.42 Å². The molecule has 0 amide bonds. The molecule has 1 N–H and O–H groups in total. The topological polar surface area (TPSA) is 28.4 Å². The quantitative estimate of drug-likeness (QED) is 0.807. The summed E-state index contributed by atoms with van der Waals surface area (Å²) in [5.41, 5.74) is 2.66. The largest absolute Gasteiger partial charge is 0.467 e. The summed E-state index contributed by atoms with van der Waals surface area (Å²) in [6.45, 7) is 4.86. The van der Waals surface area contributed by atoms with Crippen molar-refractivity contribution in [1.29, 1.82) is 0 Å². The molecular weight excluding hydrogens is 328 g/mol. The fourth-order valence-electron chi connectivity index (χ4n) is 2.60. The maximum atomic E-state index is 5.54. The number of hydrogen-bond donors (Lipinski definition) is 1. The van der Waals surface area contributed by atoms with E-state index < -0.39 is 0 Å². The predicted molar refractivity (Wildman–Crippen MR) is 89.4 cm³/mol. The monoisotopic (exact) mass is 348 g/mol. The van der Waals surface area contributed by atoms with Gasteiger partial charge in [-0.3, -0.25) is 0 Å². The normalized spacial score (nSPS) is 14.4. The van der Waals surface area contributed by atoms with Crippen LogP contribution < -0.4 is 10.2 Å². The van der Waals surface area contributed by atoms with Crippen LogP contribution >= 0.6 is 15.9 Å². The van der Waals surface area contributed by atoms with Gasteiger partial charge in [-0.05, 0) is 55.3 Å². The number of rotatable bonds is 7. The lowest BCUT2D eigenvalue weighted by Gasteiger charge is -2.26. The van der Waals surface area contributed by atoms with Gasteiger partial charge in [-0.15, -0.1) is 0 Å². The van der Waals surface area contributed by atoms with Gasteiger partial charge >= 0.3 is 0 Å². The van der Waals surface area contributed by atoms with E-state index in [1.165, 1.54) is 24.1 Å². The SMILES string of the molecule is CCNCc1cc(Br)ccc1N(Cc1ccco1)C1CC1. The molecule has 0 saturated heterocycles. The molecule has 4 heteroatoms. The van der Waals surface area contributed by atoms with Gasteiger partial charge < -0.3 is 14.6 Å². The lowest BCUT2D eigenvalue weighted by atomic mass is 10.1. The molecule has 0 unspecified atom stereocenters. The molecule has 112 valence electrons. The van der Waals surface area contributed by atoms with Crippen molar-refractivity contribution in [3.63, 3.8) is 0 Å². The highest BCUT2D eigenvalue weighted by Crippen LogP contribution is 2.36. The first-order valence-corrected chi connectivity index (χ1v) is 8.35. The Morgan fingerprint density at radius 2 is 2.19 bits per heavy atom. The summed E-state index contributed by atoms with van der Waals surface area (Å²) in [4.78, 5) is 2.48. The Hall–Kier alpha value is -1.26. The zero-order valence-electron chi connectivity index (χ0n) is 12.3. The molecule has 2 aromatic rings. The van der Waals surface area contributed by atoms with Gasteiger partial charge in [0.05, 0.1) is 12.8 Å². The average molecular weight is 349 g/mol. The van der Waals surface area contributed by atoms with Gasteiger partial charge in [0, 0.05) is 22.7 Å². The zero-order valence-corrected chi connectivity index (χ0v) is 13.9. The Morgan fingerprint density at radius 3 is 2.86 bits per heavy atom. The van der Waals surface area contributed by atoms with Crippen LogP contribution in [0.4, 0.5) is 5.69 Å². The maximum Gasteiger partial charge on any atom is 0.123 e. The van der Waals surface area contributed by atoms with E-state index in [1.807, 2.05) is 6.07 Å². The Balaban J connectivity index is 1.87. The number of nitrogens with one attached hydrogen (secondary N) is 1. The summed E-state index contributed by atoms with van der Waals surface area (Å²) in [5, 5.41) is 3.43. The van der Waals surface area contributed by atoms with E-state index in [1.54, 1.807) is 6.26 Å². The number of anilines is 1. The number of hydrogen-bond acceptors (Lipinski definition) is 3. The van der Waals surface area contributed by atoms with E-state index in [2.05, 4.69) is 57.3 Å². The molecule has 1 saturated carbocycles. The third-order valence-electron chi connectivity index (χ3n) is 3.81. The molecule has 3 nitrogen and oxygen atoms in total. The van der Waals surface area contributed by atoms with Crippen LogP contribution in [-0.4, -0.2) is 12.6 Å². The van der Waals surface area contributed by atoms with Crippen LogP contribution in [0, 0.1) is 0 Å². The van der Waals surface area contributed by atoms with Crippen LogP contribution in [0.1, 0.15) is 31.1 Å². The number of halogens is 1. The molecule has 1 aromatic heterocycles. The van der Waals surface area contributed by atoms with Gasteiger partial charge in [0.15, 0.2) is 0 Å². The summed E-state index contributed by atoms with van der Waals surface area (Å²) in [6.07, 6.45) is 4.30. The second-order valence-corrected chi connectivity index (χ2v) is 6.41. The van der Waals surface area contributed by atoms with E-state index in [-0.39, 0.29) is 0 Å². The fraction of sp³-hybridized carbons (Fsp3) is 0.412. The van der Waals surface area contributed by atoms with Crippen LogP contribution in [0.25, 0.3) is 0 Å². The average Bonchev–Trinajstić information content (AvgIpc) is 3.20. The van der Waals surface area contributed by atoms with Crippen molar-refractivity contribution in [2.45, 2.75) is 38.9 Å². The molecule has 1 fully saturated rings. The highest BCUT2D eigenvalue weighted by Gasteiger charge is 2.31. The van der Waals surface area contributed by atoms with E-state index >= 15 is 0 Å². The standard InChI is InChI=1S/C17H21BrN2O/c1-2-19-11-13-10-14(18)5-8-17(13)20(15-6-7-15)12-16-4-3-9-21-16/h3-5,8-10,15,19H,2,6-7,11-12H2,1H3. The lowest BCUT2D eigenvalue weighted by molar-refractivity contribution is 0.500. The second kappa shape index (κ2) is 6.67. The minimum Gasteiger partial charge on any atom is -0.467 e. The highest BCUT2D eigenvalue weighted by atomic mass is 79.9. The highest BCUT2D eigenvalue weighted by molar-refractivity contribution is 9.10. The maximum absolute atomic E-state index is 5.54. The van der Waals surface area contributed by atoms with Gasteiger partial charge in [0.1, 0.15) is 5.76 Å². The first-order valence-electron chi connectivity index (χ1n) is 7.56. The van der Waals surface area contributed by atoms with Crippen LogP contribution in [0.3, 0.4) is 0 Å². The summed E-state index contributed by atoms with van der Waals surface area (Å²) in [7, 11) is 0. The van der Waals surface area contributed by atoms with E-state index in [9.17, 15) is 0 Å². The van der Waals surface area contributed by atoms with Gasteiger partial charge in [-0.25, -0.2) is 0 Å². The molecule has 21 heavy (non-hydrogen) atoms. The molecule has 1 aromatic carbocycles. The molecule has 1 aliphatic carbocycles. The zero-order chi connectivity index (χ0) is 14.7. The Labute approximate surface area is 134 Å². The number of benzene rings is 1. The molecule has 1 heterocycles. The smallest absolute Gasteiger partial charge is 0.123 e. The minimum atomic E-state index is 0.650. The number of nitrogens with zero attached hydrogens (tertiary/aromatic N) is 1. The first-order chi connectivity index (χ1) is 10.3. The van der Waals surface area contributed by atoms with Crippen LogP contribution in [-0.2, 0) is 13.1 Å². The Kier molecular flexibility index (Phi) is 4.66. The minimum absolute atomic E-state index is 0.650. The van der Waals surface area contributed by atoms with Gasteiger partial charge in [0.2, 0.25) is 0 Å². The predicted octanol–water partition coefficient (Wildman–Crippen LogP) is 4.32. The van der Waals surface area contributed by atoms with Crippen molar-refractivity contribution >= 4 is 21.6 Å². The first kappa shape index (κ1) is 14.7. The van der Waals surface area contributed by atoms with E-state index in [0.29, 0.717) is 6.04 Å². The Morgan fingerprint density at radius 1 is 1.33 bits per heavy atom. The summed E-state index contributed by atoms with van der Waals surface area (Å²) in [6, 6.07) is 11.2. The van der Waals surface area contributed by atoms with Gasteiger partial charge in [-0.2, -0.15) is 0 Å².